The molecule has 1 aliphatic heterocycles. The van der Waals surface area contributed by atoms with Gasteiger partial charge in [0.1, 0.15) is 5.75 Å². The smallest absolute Gasteiger partial charge is 0.416 e. The molecule has 1 atom stereocenters. The van der Waals surface area contributed by atoms with Crippen LogP contribution in [0.25, 0.3) is 0 Å². The van der Waals surface area contributed by atoms with Gasteiger partial charge in [-0.3, -0.25) is 4.90 Å². The number of rotatable bonds is 6. The summed E-state index contributed by atoms with van der Waals surface area (Å²) in [5, 5.41) is 3.26. The van der Waals surface area contributed by atoms with Crippen LogP contribution in [0, 0.1) is 0 Å². The highest BCUT2D eigenvalue weighted by molar-refractivity contribution is 5.85. The number of hydrogen-bond donors (Lipinski definition) is 1. The molecule has 1 saturated heterocycles. The molecule has 25 heavy (non-hydrogen) atoms. The summed E-state index contributed by atoms with van der Waals surface area (Å²) < 4.78 is 45.6. The Morgan fingerprint density at radius 3 is 2.36 bits per heavy atom. The van der Waals surface area contributed by atoms with Crippen molar-refractivity contribution in [3.05, 3.63) is 29.3 Å². The summed E-state index contributed by atoms with van der Waals surface area (Å²) in [6, 6.07) is 4.14. The number of nitrogens with one attached hydrogen (secondary N) is 1. The maximum atomic E-state index is 13.5. The Morgan fingerprint density at radius 1 is 1.20 bits per heavy atom. The minimum absolute atomic E-state index is 0. The molecule has 0 radical (unpaired) electrons. The zero-order valence-electron chi connectivity index (χ0n) is 14.6. The average Bonchev–Trinajstić information content (AvgIpc) is 2.55. The molecule has 8 heteroatoms. The Kier molecular flexibility index (Phi) is 10.8. The molecule has 0 aliphatic carbocycles. The predicted molar refractivity (Wildman–Crippen MR) is 99.2 cm³/mol. The highest BCUT2D eigenvalue weighted by atomic mass is 35.5. The fraction of sp³-hybridized carbons (Fsp3) is 0.647. The Hall–Kier alpha value is -0.690. The fourth-order valence-electron chi connectivity index (χ4n) is 3.12. The number of methoxy groups -OCH3 is 1. The van der Waals surface area contributed by atoms with Gasteiger partial charge in [0, 0.05) is 32.2 Å². The number of unbranched alkanes of at least 4 members (excludes halogenated alkanes) is 1. The second-order valence-electron chi connectivity index (χ2n) is 5.89. The van der Waals surface area contributed by atoms with E-state index in [1.807, 2.05) is 0 Å². The zero-order chi connectivity index (χ0) is 16.9. The average molecular weight is 403 g/mol. The monoisotopic (exact) mass is 402 g/mol. The lowest BCUT2D eigenvalue weighted by Gasteiger charge is -2.36. The summed E-state index contributed by atoms with van der Waals surface area (Å²) in [5.41, 5.74) is -0.204. The lowest BCUT2D eigenvalue weighted by molar-refractivity contribution is -0.139. The third-order valence-electron chi connectivity index (χ3n) is 4.35. The van der Waals surface area contributed by atoms with Crippen LogP contribution in [0.15, 0.2) is 18.2 Å². The third-order valence-corrected chi connectivity index (χ3v) is 4.35. The molecule has 3 nitrogen and oxygen atoms in total. The van der Waals surface area contributed by atoms with Gasteiger partial charge < -0.3 is 10.1 Å². The van der Waals surface area contributed by atoms with Gasteiger partial charge in [0.2, 0.25) is 0 Å². The molecule has 0 amide bonds. The first-order valence-corrected chi connectivity index (χ1v) is 8.17. The number of hydrogen-bond acceptors (Lipinski definition) is 3. The van der Waals surface area contributed by atoms with Crippen LogP contribution in [0.1, 0.15) is 43.4 Å². The van der Waals surface area contributed by atoms with E-state index in [1.165, 1.54) is 7.11 Å². The van der Waals surface area contributed by atoms with E-state index in [2.05, 4.69) is 17.1 Å². The van der Waals surface area contributed by atoms with Gasteiger partial charge in [-0.2, -0.15) is 13.2 Å². The van der Waals surface area contributed by atoms with Crippen LogP contribution in [0.3, 0.4) is 0 Å². The second-order valence-corrected chi connectivity index (χ2v) is 5.89. The van der Waals surface area contributed by atoms with E-state index in [4.69, 9.17) is 4.74 Å². The van der Waals surface area contributed by atoms with Crippen molar-refractivity contribution in [3.63, 3.8) is 0 Å². The third kappa shape index (κ3) is 6.51. The van der Waals surface area contributed by atoms with Gasteiger partial charge in [0.15, 0.2) is 0 Å². The SMILES string of the molecule is CCCC[C@@H](c1ccc(OC)cc1C(F)(F)F)N1CCNCC1.Cl.Cl. The second kappa shape index (κ2) is 11.1. The van der Waals surface area contributed by atoms with Crippen molar-refractivity contribution < 1.29 is 17.9 Å². The first-order chi connectivity index (χ1) is 11.0. The van der Waals surface area contributed by atoms with Crippen LogP contribution in [-0.4, -0.2) is 38.2 Å². The molecular weight excluding hydrogens is 376 g/mol. The Bertz CT molecular complexity index is 509. The van der Waals surface area contributed by atoms with E-state index < -0.39 is 11.7 Å². The first-order valence-electron chi connectivity index (χ1n) is 8.17. The molecule has 146 valence electrons. The van der Waals surface area contributed by atoms with E-state index in [9.17, 15) is 13.2 Å². The van der Waals surface area contributed by atoms with Crippen LogP contribution >= 0.6 is 24.8 Å². The van der Waals surface area contributed by atoms with Crippen molar-refractivity contribution in [3.8, 4) is 5.75 Å². The van der Waals surface area contributed by atoms with Gasteiger partial charge in [0.05, 0.1) is 12.7 Å². The lowest BCUT2D eigenvalue weighted by Crippen LogP contribution is -2.45. The van der Waals surface area contributed by atoms with Crippen molar-refractivity contribution >= 4 is 24.8 Å². The van der Waals surface area contributed by atoms with Crippen LogP contribution < -0.4 is 10.1 Å². The molecule has 0 bridgehead atoms. The van der Waals surface area contributed by atoms with Crippen LogP contribution in [-0.2, 0) is 6.18 Å². The van der Waals surface area contributed by atoms with E-state index >= 15 is 0 Å². The van der Waals surface area contributed by atoms with Crippen LogP contribution in [0.2, 0.25) is 0 Å². The predicted octanol–water partition coefficient (Wildman–Crippen LogP) is 4.69. The highest BCUT2D eigenvalue weighted by Gasteiger charge is 2.37. The van der Waals surface area contributed by atoms with E-state index in [0.29, 0.717) is 5.56 Å². The number of benzene rings is 1. The van der Waals surface area contributed by atoms with Crippen LogP contribution in [0.4, 0.5) is 13.2 Å². The molecule has 1 N–H and O–H groups in total. The van der Waals surface area contributed by atoms with Crippen molar-refractivity contribution in [2.75, 3.05) is 33.3 Å². The molecule has 0 saturated carbocycles. The molecule has 2 rings (SSSR count). The summed E-state index contributed by atoms with van der Waals surface area (Å²) in [5.74, 6) is 0.246. The van der Waals surface area contributed by atoms with Gasteiger partial charge >= 0.3 is 6.18 Å². The maximum absolute atomic E-state index is 13.5. The maximum Gasteiger partial charge on any atom is 0.416 e. The van der Waals surface area contributed by atoms with Gasteiger partial charge in [-0.15, -0.1) is 24.8 Å². The summed E-state index contributed by atoms with van der Waals surface area (Å²) in [6.45, 7) is 5.25. The van der Waals surface area contributed by atoms with E-state index in [0.717, 1.165) is 51.5 Å². The molecule has 0 aromatic heterocycles. The number of ether oxygens (including phenoxy) is 1. The molecule has 1 aliphatic rings. The van der Waals surface area contributed by atoms with Crippen molar-refractivity contribution in [2.24, 2.45) is 0 Å². The standard InChI is InChI=1S/C17H25F3N2O.2ClH/c1-3-4-5-16(22-10-8-21-9-11-22)14-7-6-13(23-2)12-15(14)17(18,19)20;;/h6-7,12,16,21H,3-5,8-11H2,1-2H3;2*1H/t16-;;/m0../s1. The topological polar surface area (TPSA) is 24.5 Å². The lowest BCUT2D eigenvalue weighted by atomic mass is 9.93. The summed E-state index contributed by atoms with van der Waals surface area (Å²) >= 11 is 0. The molecule has 1 heterocycles. The van der Waals surface area contributed by atoms with Crippen molar-refractivity contribution in [1.29, 1.82) is 0 Å². The largest absolute Gasteiger partial charge is 0.497 e. The minimum atomic E-state index is -4.37. The zero-order valence-corrected chi connectivity index (χ0v) is 16.2. The number of halogens is 5. The van der Waals surface area contributed by atoms with Crippen molar-refractivity contribution in [1.82, 2.24) is 10.2 Å². The van der Waals surface area contributed by atoms with Gasteiger partial charge in [-0.25, -0.2) is 0 Å². The van der Waals surface area contributed by atoms with Gasteiger partial charge in [0.25, 0.3) is 0 Å². The minimum Gasteiger partial charge on any atom is -0.497 e. The van der Waals surface area contributed by atoms with E-state index in [1.54, 1.807) is 12.1 Å². The van der Waals surface area contributed by atoms with Gasteiger partial charge in [-0.1, -0.05) is 25.8 Å². The molecule has 0 unspecified atom stereocenters. The summed E-state index contributed by atoms with van der Waals surface area (Å²) in [4.78, 5) is 2.17. The molecule has 1 aromatic rings. The van der Waals surface area contributed by atoms with Crippen molar-refractivity contribution in [2.45, 2.75) is 38.4 Å². The Balaban J connectivity index is 0.00000288. The number of nitrogens with zero attached hydrogens (tertiary/aromatic N) is 1. The number of alkyl halides is 3. The Morgan fingerprint density at radius 2 is 1.84 bits per heavy atom. The fourth-order valence-corrected chi connectivity index (χ4v) is 3.12. The first kappa shape index (κ1) is 24.3. The molecular formula is C17H27Cl2F3N2O. The molecule has 1 aromatic carbocycles. The normalized spacial score (nSPS) is 16.5. The quantitative estimate of drug-likeness (QED) is 0.746. The number of piperazine rings is 1. The molecule has 1 fully saturated rings. The summed E-state index contributed by atoms with van der Waals surface area (Å²) in [6.07, 6.45) is -1.74. The van der Waals surface area contributed by atoms with E-state index in [-0.39, 0.29) is 36.6 Å². The van der Waals surface area contributed by atoms with Gasteiger partial charge in [-0.05, 0) is 24.1 Å². The highest BCUT2D eigenvalue weighted by Crippen LogP contribution is 2.40. The Labute approximate surface area is 160 Å². The van der Waals surface area contributed by atoms with Crippen LogP contribution in [0.5, 0.6) is 5.75 Å². The summed E-state index contributed by atoms with van der Waals surface area (Å²) in [7, 11) is 1.39. The molecule has 0 spiro atoms.